The predicted molar refractivity (Wildman–Crippen MR) is 81.9 cm³/mol. The summed E-state index contributed by atoms with van der Waals surface area (Å²) in [6.07, 6.45) is 0. The third kappa shape index (κ3) is 3.99. The topological polar surface area (TPSA) is 26.3 Å². The number of Topliss-reactive ketones (excluding diaryl/α,β-unsaturated/α-hetero) is 1. The molecular weight excluding hydrogens is 295 g/mol. The standard InChI is InChI=1S/C16H14Cl2O2/c1-11(17)16(19)13-4-8-15(9-5-13)20-10-12-2-6-14(18)7-3-12/h2-9,11H,10H2,1H3. The van der Waals surface area contributed by atoms with E-state index in [1.165, 1.54) is 0 Å². The Kier molecular flexibility index (Phi) is 5.05. The molecule has 0 saturated carbocycles. The number of halogens is 2. The highest BCUT2D eigenvalue weighted by atomic mass is 35.5. The number of carbonyl (C=O) groups excluding carboxylic acids is 1. The maximum Gasteiger partial charge on any atom is 0.180 e. The first-order valence-corrected chi connectivity index (χ1v) is 7.03. The number of alkyl halides is 1. The van der Waals surface area contributed by atoms with Crippen molar-refractivity contribution >= 4 is 29.0 Å². The lowest BCUT2D eigenvalue weighted by Gasteiger charge is -2.08. The number of ether oxygens (including phenoxy) is 1. The molecule has 0 aliphatic heterocycles. The monoisotopic (exact) mass is 308 g/mol. The van der Waals surface area contributed by atoms with E-state index in [1.54, 1.807) is 31.2 Å². The van der Waals surface area contributed by atoms with Crippen LogP contribution < -0.4 is 4.74 Å². The van der Waals surface area contributed by atoms with Gasteiger partial charge in [0.2, 0.25) is 0 Å². The molecule has 20 heavy (non-hydrogen) atoms. The van der Waals surface area contributed by atoms with E-state index in [4.69, 9.17) is 27.9 Å². The van der Waals surface area contributed by atoms with Crippen LogP contribution in [0.1, 0.15) is 22.8 Å². The molecule has 0 aliphatic carbocycles. The zero-order valence-electron chi connectivity index (χ0n) is 11.0. The molecule has 0 amide bonds. The maximum absolute atomic E-state index is 11.7. The maximum atomic E-state index is 11.7. The Balaban J connectivity index is 1.97. The van der Waals surface area contributed by atoms with E-state index in [0.29, 0.717) is 22.9 Å². The summed E-state index contributed by atoms with van der Waals surface area (Å²) in [4.78, 5) is 11.7. The van der Waals surface area contributed by atoms with Crippen molar-refractivity contribution in [2.45, 2.75) is 18.9 Å². The summed E-state index contributed by atoms with van der Waals surface area (Å²) in [7, 11) is 0. The number of benzene rings is 2. The van der Waals surface area contributed by atoms with Crippen LogP contribution in [0.25, 0.3) is 0 Å². The van der Waals surface area contributed by atoms with Crippen molar-refractivity contribution in [2.24, 2.45) is 0 Å². The molecule has 2 rings (SSSR count). The van der Waals surface area contributed by atoms with Gasteiger partial charge in [-0.05, 0) is 48.9 Å². The Bertz CT molecular complexity index is 574. The molecule has 0 radical (unpaired) electrons. The van der Waals surface area contributed by atoms with E-state index in [9.17, 15) is 4.79 Å². The molecule has 0 bridgehead atoms. The van der Waals surface area contributed by atoms with Gasteiger partial charge in [-0.25, -0.2) is 0 Å². The van der Waals surface area contributed by atoms with Crippen molar-refractivity contribution in [3.63, 3.8) is 0 Å². The van der Waals surface area contributed by atoms with E-state index in [2.05, 4.69) is 0 Å². The summed E-state index contributed by atoms with van der Waals surface area (Å²) in [6.45, 7) is 2.12. The SMILES string of the molecule is CC(Cl)C(=O)c1ccc(OCc2ccc(Cl)cc2)cc1. The number of ketones is 1. The van der Waals surface area contributed by atoms with Gasteiger partial charge in [-0.3, -0.25) is 4.79 Å². The van der Waals surface area contributed by atoms with Crippen LogP contribution in [-0.2, 0) is 6.61 Å². The van der Waals surface area contributed by atoms with Gasteiger partial charge in [0.1, 0.15) is 12.4 Å². The third-order valence-electron chi connectivity index (χ3n) is 2.82. The average molecular weight is 309 g/mol. The van der Waals surface area contributed by atoms with Gasteiger partial charge in [0, 0.05) is 10.6 Å². The molecule has 2 aromatic carbocycles. The number of hydrogen-bond donors (Lipinski definition) is 0. The van der Waals surface area contributed by atoms with E-state index in [1.807, 2.05) is 24.3 Å². The zero-order valence-corrected chi connectivity index (χ0v) is 12.5. The molecule has 0 aliphatic rings. The van der Waals surface area contributed by atoms with Gasteiger partial charge in [-0.15, -0.1) is 11.6 Å². The molecule has 0 aromatic heterocycles. The van der Waals surface area contributed by atoms with E-state index >= 15 is 0 Å². The fourth-order valence-electron chi connectivity index (χ4n) is 1.69. The second kappa shape index (κ2) is 6.78. The predicted octanol–water partition coefficient (Wildman–Crippen LogP) is 4.73. The highest BCUT2D eigenvalue weighted by molar-refractivity contribution is 6.33. The molecule has 0 heterocycles. The van der Waals surface area contributed by atoms with Crippen LogP contribution in [-0.4, -0.2) is 11.2 Å². The Hall–Kier alpha value is -1.51. The lowest BCUT2D eigenvalue weighted by atomic mass is 10.1. The molecule has 0 N–H and O–H groups in total. The van der Waals surface area contributed by atoms with Crippen LogP contribution in [0.15, 0.2) is 48.5 Å². The summed E-state index contributed by atoms with van der Waals surface area (Å²) in [6, 6.07) is 14.4. The van der Waals surface area contributed by atoms with Gasteiger partial charge in [-0.1, -0.05) is 23.7 Å². The molecule has 2 nitrogen and oxygen atoms in total. The van der Waals surface area contributed by atoms with Crippen LogP contribution in [0.5, 0.6) is 5.75 Å². The van der Waals surface area contributed by atoms with Crippen LogP contribution in [0.3, 0.4) is 0 Å². The smallest absolute Gasteiger partial charge is 0.180 e. The molecule has 0 saturated heterocycles. The van der Waals surface area contributed by atoms with Crippen molar-refractivity contribution in [3.05, 3.63) is 64.7 Å². The minimum absolute atomic E-state index is 0.0871. The summed E-state index contributed by atoms with van der Waals surface area (Å²) >= 11 is 11.6. The van der Waals surface area contributed by atoms with Crippen molar-refractivity contribution < 1.29 is 9.53 Å². The first kappa shape index (κ1) is 14.9. The highest BCUT2D eigenvalue weighted by Crippen LogP contribution is 2.17. The van der Waals surface area contributed by atoms with E-state index in [-0.39, 0.29) is 5.78 Å². The Morgan fingerprint density at radius 3 is 2.25 bits per heavy atom. The van der Waals surface area contributed by atoms with Gasteiger partial charge < -0.3 is 4.74 Å². The van der Waals surface area contributed by atoms with Gasteiger partial charge in [0.05, 0.1) is 5.38 Å². The quantitative estimate of drug-likeness (QED) is 0.589. The number of hydrogen-bond acceptors (Lipinski definition) is 2. The zero-order chi connectivity index (χ0) is 14.5. The molecule has 2 aromatic rings. The lowest BCUT2D eigenvalue weighted by molar-refractivity contribution is 0.0991. The normalized spacial score (nSPS) is 11.9. The molecule has 0 spiro atoms. The lowest BCUT2D eigenvalue weighted by Crippen LogP contribution is -2.10. The highest BCUT2D eigenvalue weighted by Gasteiger charge is 2.11. The second-order valence-electron chi connectivity index (χ2n) is 4.42. The first-order valence-electron chi connectivity index (χ1n) is 6.22. The summed E-state index contributed by atoms with van der Waals surface area (Å²) < 4.78 is 5.64. The largest absolute Gasteiger partial charge is 0.489 e. The van der Waals surface area contributed by atoms with E-state index in [0.717, 1.165) is 5.56 Å². The van der Waals surface area contributed by atoms with Gasteiger partial charge >= 0.3 is 0 Å². The fourth-order valence-corrected chi connectivity index (χ4v) is 1.94. The molecule has 0 fully saturated rings. The Morgan fingerprint density at radius 2 is 1.70 bits per heavy atom. The summed E-state index contributed by atoms with van der Waals surface area (Å²) in [5.41, 5.74) is 1.62. The molecule has 1 unspecified atom stereocenters. The molecular formula is C16H14Cl2O2. The molecule has 104 valence electrons. The van der Waals surface area contributed by atoms with Crippen LogP contribution in [0.2, 0.25) is 5.02 Å². The van der Waals surface area contributed by atoms with E-state index < -0.39 is 5.38 Å². The van der Waals surface area contributed by atoms with Crippen molar-refractivity contribution in [3.8, 4) is 5.75 Å². The minimum atomic E-state index is -0.518. The summed E-state index contributed by atoms with van der Waals surface area (Å²) in [5, 5.41) is 0.183. The Morgan fingerprint density at radius 1 is 1.10 bits per heavy atom. The van der Waals surface area contributed by atoms with Crippen LogP contribution in [0, 0.1) is 0 Å². The van der Waals surface area contributed by atoms with Crippen molar-refractivity contribution in [2.75, 3.05) is 0 Å². The first-order chi connectivity index (χ1) is 9.56. The van der Waals surface area contributed by atoms with Crippen LogP contribution in [0.4, 0.5) is 0 Å². The third-order valence-corrected chi connectivity index (χ3v) is 3.27. The molecule has 4 heteroatoms. The Labute approximate surface area is 128 Å². The fraction of sp³-hybridized carbons (Fsp3) is 0.188. The van der Waals surface area contributed by atoms with Gasteiger partial charge in [-0.2, -0.15) is 0 Å². The van der Waals surface area contributed by atoms with Gasteiger partial charge in [0.15, 0.2) is 5.78 Å². The van der Waals surface area contributed by atoms with Crippen molar-refractivity contribution in [1.82, 2.24) is 0 Å². The minimum Gasteiger partial charge on any atom is -0.489 e. The average Bonchev–Trinajstić information content (AvgIpc) is 2.46. The molecule has 1 atom stereocenters. The van der Waals surface area contributed by atoms with Crippen LogP contribution >= 0.6 is 23.2 Å². The summed E-state index contributed by atoms with van der Waals surface area (Å²) in [5.74, 6) is 0.620. The van der Waals surface area contributed by atoms with Gasteiger partial charge in [0.25, 0.3) is 0 Å². The second-order valence-corrected chi connectivity index (χ2v) is 5.51. The van der Waals surface area contributed by atoms with Crippen molar-refractivity contribution in [1.29, 1.82) is 0 Å². The number of rotatable bonds is 5. The number of carbonyl (C=O) groups is 1.